The molecule has 0 fully saturated rings. The van der Waals surface area contributed by atoms with Crippen LogP contribution in [-0.2, 0) is 14.3 Å². The Labute approximate surface area is 122 Å². The van der Waals surface area contributed by atoms with Gasteiger partial charge in [-0.15, -0.1) is 0 Å². The summed E-state index contributed by atoms with van der Waals surface area (Å²) in [6.07, 6.45) is 0.308. The van der Waals surface area contributed by atoms with Crippen molar-refractivity contribution in [3.8, 4) is 6.07 Å². The average molecular weight is 285 g/mol. The molecule has 2 rings (SSSR count). The maximum Gasteiger partial charge on any atom is 0.351 e. The van der Waals surface area contributed by atoms with Crippen LogP contribution in [0.2, 0.25) is 0 Å². The Bertz CT molecular complexity index is 658. The Kier molecular flexibility index (Phi) is 4.24. The van der Waals surface area contributed by atoms with Gasteiger partial charge in [0.1, 0.15) is 11.8 Å². The number of para-hydroxylation sites is 2. The van der Waals surface area contributed by atoms with Crippen LogP contribution < -0.4 is 10.6 Å². The molecule has 6 nitrogen and oxygen atoms in total. The molecule has 1 aliphatic heterocycles. The normalized spacial score (nSPS) is 16.7. The van der Waals surface area contributed by atoms with Crippen molar-refractivity contribution >= 4 is 23.3 Å². The van der Waals surface area contributed by atoms with Crippen LogP contribution in [0.15, 0.2) is 35.5 Å². The lowest BCUT2D eigenvalue weighted by Crippen LogP contribution is -2.29. The van der Waals surface area contributed by atoms with E-state index in [1.165, 1.54) is 0 Å². The summed E-state index contributed by atoms with van der Waals surface area (Å²) >= 11 is 0. The fourth-order valence-electron chi connectivity index (χ4n) is 1.78. The Balaban J connectivity index is 2.35. The number of esters is 1. The van der Waals surface area contributed by atoms with E-state index in [1.807, 2.05) is 6.92 Å². The van der Waals surface area contributed by atoms with E-state index >= 15 is 0 Å². The molecule has 1 unspecified atom stereocenters. The first-order valence-corrected chi connectivity index (χ1v) is 6.59. The highest BCUT2D eigenvalue weighted by Crippen LogP contribution is 2.28. The molecule has 0 aliphatic carbocycles. The summed E-state index contributed by atoms with van der Waals surface area (Å²) < 4.78 is 5.10. The van der Waals surface area contributed by atoms with Gasteiger partial charge in [0.2, 0.25) is 0 Å². The number of rotatable bonds is 3. The van der Waals surface area contributed by atoms with E-state index < -0.39 is 11.9 Å². The smallest absolute Gasteiger partial charge is 0.351 e. The summed E-state index contributed by atoms with van der Waals surface area (Å²) in [5.74, 6) is -1.34. The van der Waals surface area contributed by atoms with Crippen LogP contribution in [0.4, 0.5) is 11.4 Å². The van der Waals surface area contributed by atoms with Crippen molar-refractivity contribution in [3.05, 3.63) is 35.5 Å². The van der Waals surface area contributed by atoms with Crippen molar-refractivity contribution in [2.45, 2.75) is 26.4 Å². The summed E-state index contributed by atoms with van der Waals surface area (Å²) in [6, 6.07) is 8.76. The molecule has 0 radical (unpaired) electrons. The Morgan fingerprint density at radius 3 is 2.52 bits per heavy atom. The second-order valence-corrected chi connectivity index (χ2v) is 4.61. The van der Waals surface area contributed by atoms with E-state index in [1.54, 1.807) is 37.3 Å². The Hall–Kier alpha value is -2.81. The van der Waals surface area contributed by atoms with Gasteiger partial charge in [0.15, 0.2) is 5.57 Å². The molecule has 21 heavy (non-hydrogen) atoms. The van der Waals surface area contributed by atoms with Gasteiger partial charge < -0.3 is 15.4 Å². The quantitative estimate of drug-likeness (QED) is 0.504. The third-order valence-corrected chi connectivity index (χ3v) is 3.11. The fraction of sp³-hybridized carbons (Fsp3) is 0.267. The van der Waals surface area contributed by atoms with Crippen LogP contribution >= 0.6 is 0 Å². The molecule has 1 atom stereocenters. The first kappa shape index (κ1) is 14.6. The standard InChI is InChI=1S/C15H15N3O3/c1-3-9(2)21-15(20)10(8-16)13-14(19)18-12-7-5-4-6-11(12)17-13/h4-7,9,17H,3H2,1-2H3,(H,18,19)/b13-10+. The maximum absolute atomic E-state index is 12.0. The van der Waals surface area contributed by atoms with Gasteiger partial charge in [-0.1, -0.05) is 19.1 Å². The van der Waals surface area contributed by atoms with Crippen LogP contribution in [0, 0.1) is 11.3 Å². The second kappa shape index (κ2) is 6.09. The molecular weight excluding hydrogens is 270 g/mol. The van der Waals surface area contributed by atoms with Crippen molar-refractivity contribution < 1.29 is 14.3 Å². The first-order valence-electron chi connectivity index (χ1n) is 6.59. The van der Waals surface area contributed by atoms with Gasteiger partial charge in [0.05, 0.1) is 17.5 Å². The van der Waals surface area contributed by atoms with E-state index in [9.17, 15) is 14.9 Å². The fourth-order valence-corrected chi connectivity index (χ4v) is 1.78. The molecule has 0 bridgehead atoms. The molecule has 1 heterocycles. The van der Waals surface area contributed by atoms with Gasteiger partial charge in [-0.05, 0) is 25.5 Å². The highest BCUT2D eigenvalue weighted by molar-refractivity contribution is 6.15. The zero-order chi connectivity index (χ0) is 15.4. The van der Waals surface area contributed by atoms with Gasteiger partial charge in [-0.2, -0.15) is 5.26 Å². The topological polar surface area (TPSA) is 91.2 Å². The number of ether oxygens (including phenoxy) is 1. The van der Waals surface area contributed by atoms with Crippen molar-refractivity contribution in [1.29, 1.82) is 5.26 Å². The average Bonchev–Trinajstić information content (AvgIpc) is 2.48. The van der Waals surface area contributed by atoms with E-state index in [0.29, 0.717) is 17.8 Å². The number of hydrogen-bond donors (Lipinski definition) is 2. The number of benzene rings is 1. The molecule has 0 aromatic heterocycles. The molecule has 0 spiro atoms. The van der Waals surface area contributed by atoms with Crippen molar-refractivity contribution in [2.24, 2.45) is 0 Å². The second-order valence-electron chi connectivity index (χ2n) is 4.61. The van der Waals surface area contributed by atoms with Crippen LogP contribution in [-0.4, -0.2) is 18.0 Å². The lowest BCUT2D eigenvalue weighted by molar-refractivity contribution is -0.143. The van der Waals surface area contributed by atoms with E-state index in [2.05, 4.69) is 10.6 Å². The first-order chi connectivity index (χ1) is 10.1. The monoisotopic (exact) mass is 285 g/mol. The van der Waals surface area contributed by atoms with Gasteiger partial charge >= 0.3 is 5.97 Å². The van der Waals surface area contributed by atoms with Crippen LogP contribution in [0.1, 0.15) is 20.3 Å². The van der Waals surface area contributed by atoms with E-state index in [-0.39, 0.29) is 17.4 Å². The summed E-state index contributed by atoms with van der Waals surface area (Å²) in [5, 5.41) is 14.6. The van der Waals surface area contributed by atoms with E-state index in [4.69, 9.17) is 4.74 Å². The minimum Gasteiger partial charge on any atom is -0.459 e. The number of fused-ring (bicyclic) bond motifs is 1. The third kappa shape index (κ3) is 3.03. The molecule has 1 aliphatic rings. The summed E-state index contributed by atoms with van der Waals surface area (Å²) in [4.78, 5) is 24.0. The molecule has 0 saturated heterocycles. The van der Waals surface area contributed by atoms with Crippen LogP contribution in [0.5, 0.6) is 0 Å². The van der Waals surface area contributed by atoms with E-state index in [0.717, 1.165) is 0 Å². The zero-order valence-electron chi connectivity index (χ0n) is 11.8. The minimum absolute atomic E-state index is 0.0931. The van der Waals surface area contributed by atoms with Crippen molar-refractivity contribution in [1.82, 2.24) is 0 Å². The number of carbonyl (C=O) groups excluding carboxylic acids is 2. The Morgan fingerprint density at radius 1 is 1.33 bits per heavy atom. The molecule has 1 aromatic rings. The predicted octanol–water partition coefficient (Wildman–Crippen LogP) is 2.17. The highest BCUT2D eigenvalue weighted by Gasteiger charge is 2.27. The third-order valence-electron chi connectivity index (χ3n) is 3.11. The number of nitrogens with one attached hydrogen (secondary N) is 2. The number of anilines is 2. The van der Waals surface area contributed by atoms with Crippen LogP contribution in [0.3, 0.4) is 0 Å². The van der Waals surface area contributed by atoms with Gasteiger partial charge in [-0.25, -0.2) is 4.79 Å². The number of amides is 1. The van der Waals surface area contributed by atoms with Gasteiger partial charge in [-0.3, -0.25) is 4.79 Å². The maximum atomic E-state index is 12.0. The van der Waals surface area contributed by atoms with Crippen molar-refractivity contribution in [2.75, 3.05) is 10.6 Å². The molecular formula is C15H15N3O3. The lowest BCUT2D eigenvalue weighted by atomic mass is 10.1. The number of carbonyl (C=O) groups is 2. The largest absolute Gasteiger partial charge is 0.459 e. The predicted molar refractivity (Wildman–Crippen MR) is 77.2 cm³/mol. The number of hydrogen-bond acceptors (Lipinski definition) is 5. The molecule has 1 aromatic carbocycles. The molecule has 2 N–H and O–H groups in total. The highest BCUT2D eigenvalue weighted by atomic mass is 16.5. The SMILES string of the molecule is CCC(C)OC(=O)/C(C#N)=C1/Nc2ccccc2NC1=O. The number of nitriles is 1. The molecule has 108 valence electrons. The van der Waals surface area contributed by atoms with Crippen LogP contribution in [0.25, 0.3) is 0 Å². The van der Waals surface area contributed by atoms with Crippen molar-refractivity contribution in [3.63, 3.8) is 0 Å². The van der Waals surface area contributed by atoms with Gasteiger partial charge in [0.25, 0.3) is 5.91 Å². The summed E-state index contributed by atoms with van der Waals surface area (Å²) in [5.41, 5.74) is 0.793. The molecule has 0 saturated carbocycles. The Morgan fingerprint density at radius 2 is 1.95 bits per heavy atom. The zero-order valence-corrected chi connectivity index (χ0v) is 11.8. The summed E-state index contributed by atoms with van der Waals surface area (Å²) in [7, 11) is 0. The lowest BCUT2D eigenvalue weighted by Gasteiger charge is -2.21. The number of nitrogens with zero attached hydrogens (tertiary/aromatic N) is 1. The molecule has 6 heteroatoms. The summed E-state index contributed by atoms with van der Waals surface area (Å²) in [6.45, 7) is 3.58. The minimum atomic E-state index is -0.802. The molecule has 1 amide bonds. The van der Waals surface area contributed by atoms with Gasteiger partial charge in [0, 0.05) is 0 Å².